The van der Waals surface area contributed by atoms with E-state index >= 15 is 0 Å². The number of ether oxygens (including phenoxy) is 1. The molecule has 0 aliphatic carbocycles. The third-order valence-corrected chi connectivity index (χ3v) is 12.6. The Morgan fingerprint density at radius 1 is 0.429 bits per heavy atom. The largest absolute Gasteiger partial charge is 0.466 e. The zero-order valence-corrected chi connectivity index (χ0v) is 42.1. The van der Waals surface area contributed by atoms with Crippen molar-refractivity contribution in [1.29, 1.82) is 0 Å². The molecule has 6 heteroatoms. The molecule has 2 atom stereocenters. The molecule has 0 aromatic rings. The molecule has 0 aliphatic heterocycles. The molecule has 0 heterocycles. The fourth-order valence-corrected chi connectivity index (χ4v) is 8.33. The Morgan fingerprint density at radius 2 is 0.746 bits per heavy atom. The molecule has 0 aromatic carbocycles. The van der Waals surface area contributed by atoms with Gasteiger partial charge in [-0.1, -0.05) is 230 Å². The van der Waals surface area contributed by atoms with Crippen LogP contribution < -0.4 is 5.32 Å². The molecular weight excluding hydrogens is 779 g/mol. The van der Waals surface area contributed by atoms with E-state index in [4.69, 9.17) is 4.74 Å². The molecule has 0 aromatic heterocycles. The van der Waals surface area contributed by atoms with Crippen molar-refractivity contribution in [2.24, 2.45) is 0 Å². The number of aliphatic hydroxyl groups is 2. The lowest BCUT2D eigenvalue weighted by Crippen LogP contribution is -2.45. The summed E-state index contributed by atoms with van der Waals surface area (Å²) >= 11 is 0. The second-order valence-corrected chi connectivity index (χ2v) is 18.9. The Morgan fingerprint density at radius 3 is 1.16 bits per heavy atom. The van der Waals surface area contributed by atoms with Gasteiger partial charge < -0.3 is 20.3 Å². The predicted octanol–water partition coefficient (Wildman–Crippen LogP) is 16.9. The van der Waals surface area contributed by atoms with Crippen LogP contribution in [0.4, 0.5) is 0 Å². The van der Waals surface area contributed by atoms with Gasteiger partial charge in [0, 0.05) is 12.8 Å². The lowest BCUT2D eigenvalue weighted by atomic mass is 10.0. The smallest absolute Gasteiger partial charge is 0.305 e. The monoisotopic (exact) mass is 886 g/mol. The van der Waals surface area contributed by atoms with E-state index in [2.05, 4.69) is 43.5 Å². The fourth-order valence-electron chi connectivity index (χ4n) is 8.33. The SMILES string of the molecule is CCCCC/C=C\CCCCCCCC(=O)OCCCCCCCCCCCCCC/C=C\CCCCCCCCCCC(=O)NC(CO)C(O)/C=C/CCCCCCCCCC. The second kappa shape index (κ2) is 52.7. The molecule has 0 saturated heterocycles. The highest BCUT2D eigenvalue weighted by Crippen LogP contribution is 2.16. The Bertz CT molecular complexity index is 1020. The molecule has 0 saturated carbocycles. The summed E-state index contributed by atoms with van der Waals surface area (Å²) in [6.45, 7) is 4.85. The summed E-state index contributed by atoms with van der Waals surface area (Å²) in [6.07, 6.45) is 64.6. The Hall–Kier alpha value is -1.92. The molecule has 0 rings (SSSR count). The number of hydrogen-bond donors (Lipinski definition) is 3. The lowest BCUT2D eigenvalue weighted by molar-refractivity contribution is -0.143. The van der Waals surface area contributed by atoms with Crippen molar-refractivity contribution in [3.05, 3.63) is 36.5 Å². The van der Waals surface area contributed by atoms with E-state index in [1.165, 1.54) is 218 Å². The van der Waals surface area contributed by atoms with E-state index in [9.17, 15) is 19.8 Å². The summed E-state index contributed by atoms with van der Waals surface area (Å²) in [4.78, 5) is 24.4. The molecule has 0 bridgehead atoms. The molecule has 3 N–H and O–H groups in total. The number of allylic oxidation sites excluding steroid dienone is 5. The van der Waals surface area contributed by atoms with Crippen molar-refractivity contribution in [2.75, 3.05) is 13.2 Å². The minimum absolute atomic E-state index is 0.00130. The van der Waals surface area contributed by atoms with Crippen LogP contribution in [0.1, 0.15) is 290 Å². The summed E-state index contributed by atoms with van der Waals surface area (Å²) in [6, 6.07) is -0.629. The molecule has 6 nitrogen and oxygen atoms in total. The quantitative estimate of drug-likeness (QED) is 0.0321. The molecule has 0 spiro atoms. The minimum atomic E-state index is -0.845. The molecule has 1 amide bonds. The predicted molar refractivity (Wildman–Crippen MR) is 273 cm³/mol. The molecule has 0 radical (unpaired) electrons. The average molecular weight is 886 g/mol. The Balaban J connectivity index is 3.41. The van der Waals surface area contributed by atoms with Crippen LogP contribution >= 0.6 is 0 Å². The molecule has 63 heavy (non-hydrogen) atoms. The van der Waals surface area contributed by atoms with E-state index < -0.39 is 12.1 Å². The van der Waals surface area contributed by atoms with E-state index in [1.54, 1.807) is 6.08 Å². The van der Waals surface area contributed by atoms with Crippen LogP contribution in [0, 0.1) is 0 Å². The number of hydrogen-bond acceptors (Lipinski definition) is 5. The van der Waals surface area contributed by atoms with Gasteiger partial charge in [0.15, 0.2) is 0 Å². The number of rotatable bonds is 51. The van der Waals surface area contributed by atoms with Crippen molar-refractivity contribution >= 4 is 11.9 Å². The molecule has 370 valence electrons. The third-order valence-electron chi connectivity index (χ3n) is 12.6. The minimum Gasteiger partial charge on any atom is -0.466 e. The third kappa shape index (κ3) is 49.4. The van der Waals surface area contributed by atoms with Crippen LogP contribution in [-0.2, 0) is 14.3 Å². The van der Waals surface area contributed by atoms with Gasteiger partial charge in [0.1, 0.15) is 0 Å². The average Bonchev–Trinajstić information content (AvgIpc) is 3.28. The van der Waals surface area contributed by atoms with Crippen molar-refractivity contribution in [3.63, 3.8) is 0 Å². The summed E-state index contributed by atoms with van der Waals surface area (Å²) in [5.41, 5.74) is 0. The van der Waals surface area contributed by atoms with Gasteiger partial charge in [0.05, 0.1) is 25.4 Å². The topological polar surface area (TPSA) is 95.9 Å². The highest BCUT2D eigenvalue weighted by molar-refractivity contribution is 5.76. The highest BCUT2D eigenvalue weighted by Gasteiger charge is 2.18. The maximum atomic E-state index is 12.4. The first-order valence-corrected chi connectivity index (χ1v) is 27.8. The van der Waals surface area contributed by atoms with Crippen LogP contribution in [0.2, 0.25) is 0 Å². The zero-order valence-electron chi connectivity index (χ0n) is 42.1. The van der Waals surface area contributed by atoms with Gasteiger partial charge in [-0.05, 0) is 83.5 Å². The fraction of sp³-hybridized carbons (Fsp3) is 0.860. The van der Waals surface area contributed by atoms with Crippen LogP contribution in [0.5, 0.6) is 0 Å². The van der Waals surface area contributed by atoms with Crippen molar-refractivity contribution in [3.8, 4) is 0 Å². The second-order valence-electron chi connectivity index (χ2n) is 18.9. The number of carbonyl (C=O) groups is 2. The van der Waals surface area contributed by atoms with Gasteiger partial charge in [0.25, 0.3) is 0 Å². The van der Waals surface area contributed by atoms with Crippen molar-refractivity contribution in [1.82, 2.24) is 5.32 Å². The summed E-state index contributed by atoms with van der Waals surface area (Å²) in [5, 5.41) is 23.0. The van der Waals surface area contributed by atoms with Crippen molar-refractivity contribution in [2.45, 2.75) is 302 Å². The van der Waals surface area contributed by atoms with Crippen molar-refractivity contribution < 1.29 is 24.5 Å². The summed E-state index contributed by atoms with van der Waals surface area (Å²) in [7, 11) is 0. The van der Waals surface area contributed by atoms with Crippen LogP contribution in [0.15, 0.2) is 36.5 Å². The zero-order chi connectivity index (χ0) is 45.8. The van der Waals surface area contributed by atoms with Crippen LogP contribution in [0.25, 0.3) is 0 Å². The summed E-state index contributed by atoms with van der Waals surface area (Å²) < 4.78 is 5.46. The van der Waals surface area contributed by atoms with E-state index in [-0.39, 0.29) is 18.5 Å². The summed E-state index contributed by atoms with van der Waals surface area (Å²) in [5.74, 6) is -0.0736. The number of aliphatic hydroxyl groups excluding tert-OH is 2. The number of amides is 1. The van der Waals surface area contributed by atoms with Crippen LogP contribution in [-0.4, -0.2) is 47.4 Å². The molecule has 2 unspecified atom stereocenters. The Labute approximate surface area is 392 Å². The maximum absolute atomic E-state index is 12.4. The van der Waals surface area contributed by atoms with E-state index in [0.29, 0.717) is 19.4 Å². The van der Waals surface area contributed by atoms with Gasteiger partial charge in [0.2, 0.25) is 5.91 Å². The maximum Gasteiger partial charge on any atom is 0.305 e. The van der Waals surface area contributed by atoms with Gasteiger partial charge >= 0.3 is 5.97 Å². The number of unbranched alkanes of at least 4 members (excludes halogenated alkanes) is 36. The van der Waals surface area contributed by atoms with Gasteiger partial charge in [-0.15, -0.1) is 0 Å². The number of esters is 1. The lowest BCUT2D eigenvalue weighted by Gasteiger charge is -2.20. The molecule has 0 fully saturated rings. The number of carbonyl (C=O) groups excluding carboxylic acids is 2. The number of nitrogens with one attached hydrogen (secondary N) is 1. The molecular formula is C57H107NO5. The standard InChI is InChI=1S/C57H107NO5/c1-3-5-7-9-11-13-15-31-35-39-43-47-51-57(62)63-52-48-44-40-36-32-29-27-25-23-21-19-17-16-18-20-22-24-26-28-30-34-38-42-46-50-56(61)58-54(53-59)55(60)49-45-41-37-33-14-12-10-8-6-4-2/h11,13,18,20,45,49,54-55,59-60H,3-10,12,14-17,19,21-44,46-48,50-53H2,1-2H3,(H,58,61)/b13-11-,20-18-,49-45+. The first-order valence-electron chi connectivity index (χ1n) is 27.8. The van der Waals surface area contributed by atoms with E-state index in [1.807, 2.05) is 6.08 Å². The van der Waals surface area contributed by atoms with Gasteiger partial charge in [-0.2, -0.15) is 0 Å². The van der Waals surface area contributed by atoms with Gasteiger partial charge in [-0.25, -0.2) is 0 Å². The van der Waals surface area contributed by atoms with Crippen LogP contribution in [0.3, 0.4) is 0 Å². The van der Waals surface area contributed by atoms with E-state index in [0.717, 1.165) is 44.9 Å². The first kappa shape index (κ1) is 61.1. The highest BCUT2D eigenvalue weighted by atomic mass is 16.5. The first-order chi connectivity index (χ1) is 31.0. The van der Waals surface area contributed by atoms with Gasteiger partial charge in [-0.3, -0.25) is 9.59 Å². The Kier molecular flexibility index (Phi) is 51.1. The normalized spacial score (nSPS) is 12.9. The molecule has 0 aliphatic rings.